The summed E-state index contributed by atoms with van der Waals surface area (Å²) in [5.74, 6) is 0.634. The minimum absolute atomic E-state index is 0.128. The van der Waals surface area contributed by atoms with E-state index in [0.29, 0.717) is 19.1 Å². The second kappa shape index (κ2) is 6.31. The molecule has 1 saturated carbocycles. The van der Waals surface area contributed by atoms with Gasteiger partial charge in [-0.2, -0.15) is 0 Å². The number of thiazole rings is 1. The van der Waals surface area contributed by atoms with Gasteiger partial charge in [0.05, 0.1) is 24.4 Å². The van der Waals surface area contributed by atoms with E-state index in [9.17, 15) is 0 Å². The summed E-state index contributed by atoms with van der Waals surface area (Å²) in [5, 5.41) is 4.82. The number of rotatable bonds is 8. The maximum atomic E-state index is 5.51. The average Bonchev–Trinajstić information content (AvgIpc) is 3.17. The summed E-state index contributed by atoms with van der Waals surface area (Å²) in [6.07, 6.45) is 2.50. The van der Waals surface area contributed by atoms with Crippen LogP contribution >= 0.6 is 11.3 Å². The van der Waals surface area contributed by atoms with E-state index in [0.717, 1.165) is 12.2 Å². The van der Waals surface area contributed by atoms with Crippen molar-refractivity contribution < 1.29 is 9.47 Å². The monoisotopic (exact) mass is 284 g/mol. The number of methoxy groups -OCH3 is 2. The second-order valence-corrected chi connectivity index (χ2v) is 6.46. The minimum Gasteiger partial charge on any atom is -0.383 e. The van der Waals surface area contributed by atoms with E-state index in [-0.39, 0.29) is 5.54 Å². The molecule has 2 rings (SSSR count). The van der Waals surface area contributed by atoms with Gasteiger partial charge in [-0.25, -0.2) is 4.98 Å². The Kier molecular flexibility index (Phi) is 4.95. The van der Waals surface area contributed by atoms with Crippen LogP contribution in [0.2, 0.25) is 0 Å². The van der Waals surface area contributed by atoms with Crippen molar-refractivity contribution in [1.82, 2.24) is 10.3 Å². The SMILES string of the molecule is COCCNC(COC)(c1nc(C)c(C)s1)C1CC1. The maximum Gasteiger partial charge on any atom is 0.116 e. The van der Waals surface area contributed by atoms with Crippen molar-refractivity contribution in [2.75, 3.05) is 34.0 Å². The molecule has 0 bridgehead atoms. The number of nitrogens with one attached hydrogen (secondary N) is 1. The van der Waals surface area contributed by atoms with E-state index in [1.165, 1.54) is 22.7 Å². The zero-order valence-electron chi connectivity index (χ0n) is 12.3. The smallest absolute Gasteiger partial charge is 0.116 e. The van der Waals surface area contributed by atoms with Gasteiger partial charge < -0.3 is 14.8 Å². The molecule has 4 nitrogen and oxygen atoms in total. The fourth-order valence-corrected chi connectivity index (χ4v) is 3.61. The van der Waals surface area contributed by atoms with E-state index >= 15 is 0 Å². The number of aromatic nitrogens is 1. The van der Waals surface area contributed by atoms with Crippen LogP contribution in [0.5, 0.6) is 0 Å². The molecule has 1 aliphatic carbocycles. The first-order chi connectivity index (χ1) is 9.14. The molecule has 1 aliphatic rings. The lowest BCUT2D eigenvalue weighted by Crippen LogP contribution is -2.49. The average molecular weight is 284 g/mol. The summed E-state index contributed by atoms with van der Waals surface area (Å²) in [4.78, 5) is 6.07. The molecular formula is C14H24N2O2S. The van der Waals surface area contributed by atoms with Crippen LogP contribution in [0.15, 0.2) is 0 Å². The topological polar surface area (TPSA) is 43.4 Å². The fraction of sp³-hybridized carbons (Fsp3) is 0.786. The summed E-state index contributed by atoms with van der Waals surface area (Å²) in [5.41, 5.74) is 1.01. The highest BCUT2D eigenvalue weighted by atomic mass is 32.1. The van der Waals surface area contributed by atoms with Crippen molar-refractivity contribution in [3.63, 3.8) is 0 Å². The van der Waals surface area contributed by atoms with Crippen LogP contribution in [0.1, 0.15) is 28.4 Å². The quantitative estimate of drug-likeness (QED) is 0.744. The molecule has 0 aliphatic heterocycles. The summed E-state index contributed by atoms with van der Waals surface area (Å²) in [6.45, 7) is 6.42. The highest BCUT2D eigenvalue weighted by Crippen LogP contribution is 2.47. The van der Waals surface area contributed by atoms with Gasteiger partial charge in [0.25, 0.3) is 0 Å². The Morgan fingerprint density at radius 3 is 2.53 bits per heavy atom. The van der Waals surface area contributed by atoms with E-state index in [2.05, 4.69) is 19.2 Å². The van der Waals surface area contributed by atoms with Crippen LogP contribution in [-0.2, 0) is 15.0 Å². The predicted octanol–water partition coefficient (Wildman–Crippen LogP) is 2.25. The fourth-order valence-electron chi connectivity index (χ4n) is 2.47. The first kappa shape index (κ1) is 14.9. The van der Waals surface area contributed by atoms with Gasteiger partial charge in [-0.3, -0.25) is 0 Å². The summed E-state index contributed by atoms with van der Waals surface area (Å²) in [7, 11) is 3.50. The molecule has 1 atom stereocenters. The summed E-state index contributed by atoms with van der Waals surface area (Å²) < 4.78 is 10.7. The molecule has 0 amide bonds. The Hall–Kier alpha value is -0.490. The van der Waals surface area contributed by atoms with Crippen LogP contribution in [0.25, 0.3) is 0 Å². The molecule has 0 saturated heterocycles. The van der Waals surface area contributed by atoms with Crippen LogP contribution in [0, 0.1) is 19.8 Å². The Labute approximate surface area is 119 Å². The third-order valence-corrected chi connectivity index (χ3v) is 5.05. The highest BCUT2D eigenvalue weighted by Gasteiger charge is 2.48. The molecule has 19 heavy (non-hydrogen) atoms. The number of hydrogen-bond donors (Lipinski definition) is 1. The van der Waals surface area contributed by atoms with Crippen LogP contribution in [0.3, 0.4) is 0 Å². The van der Waals surface area contributed by atoms with Crippen molar-refractivity contribution in [2.45, 2.75) is 32.2 Å². The highest BCUT2D eigenvalue weighted by molar-refractivity contribution is 7.11. The van der Waals surface area contributed by atoms with Crippen LogP contribution in [0.4, 0.5) is 0 Å². The number of nitrogens with zero attached hydrogens (tertiary/aromatic N) is 1. The zero-order chi connectivity index (χ0) is 13.9. The lowest BCUT2D eigenvalue weighted by Gasteiger charge is -2.32. The Morgan fingerprint density at radius 2 is 2.05 bits per heavy atom. The molecule has 5 heteroatoms. The first-order valence-corrected chi connectivity index (χ1v) is 7.63. The molecule has 1 heterocycles. The Morgan fingerprint density at radius 1 is 1.32 bits per heavy atom. The third-order valence-electron chi connectivity index (χ3n) is 3.80. The zero-order valence-corrected chi connectivity index (χ0v) is 13.1. The molecule has 108 valence electrons. The Balaban J connectivity index is 2.25. The van der Waals surface area contributed by atoms with E-state index in [4.69, 9.17) is 14.5 Å². The van der Waals surface area contributed by atoms with Gasteiger partial charge >= 0.3 is 0 Å². The molecular weight excluding hydrogens is 260 g/mol. The molecule has 1 aromatic heterocycles. The Bertz CT molecular complexity index is 398. The van der Waals surface area contributed by atoms with Crippen molar-refractivity contribution in [2.24, 2.45) is 5.92 Å². The first-order valence-electron chi connectivity index (χ1n) is 6.81. The minimum atomic E-state index is -0.128. The van der Waals surface area contributed by atoms with Gasteiger partial charge in [-0.15, -0.1) is 11.3 Å². The van der Waals surface area contributed by atoms with E-state index in [1.54, 1.807) is 25.6 Å². The standard InChI is InChI=1S/C14H24N2O2S/c1-10-11(2)19-13(16-10)14(9-18-4,12-5-6-12)15-7-8-17-3/h12,15H,5-9H2,1-4H3. The number of hydrogen-bond acceptors (Lipinski definition) is 5. The van der Waals surface area contributed by atoms with Gasteiger partial charge in [0.2, 0.25) is 0 Å². The van der Waals surface area contributed by atoms with Crippen molar-refractivity contribution in [1.29, 1.82) is 0 Å². The molecule has 0 spiro atoms. The van der Waals surface area contributed by atoms with Gasteiger partial charge in [0.1, 0.15) is 5.01 Å². The molecule has 0 aromatic carbocycles. The van der Waals surface area contributed by atoms with Crippen LogP contribution < -0.4 is 5.32 Å². The number of ether oxygens (including phenoxy) is 2. The van der Waals surface area contributed by atoms with Crippen molar-refractivity contribution >= 4 is 11.3 Å². The molecule has 0 radical (unpaired) electrons. The molecule has 1 N–H and O–H groups in total. The lowest BCUT2D eigenvalue weighted by atomic mass is 9.94. The van der Waals surface area contributed by atoms with Gasteiger partial charge in [-0.05, 0) is 32.6 Å². The largest absolute Gasteiger partial charge is 0.383 e. The third kappa shape index (κ3) is 3.16. The van der Waals surface area contributed by atoms with Gasteiger partial charge in [-0.1, -0.05) is 0 Å². The van der Waals surface area contributed by atoms with Crippen molar-refractivity contribution in [3.8, 4) is 0 Å². The summed E-state index contributed by atoms with van der Waals surface area (Å²) >= 11 is 1.79. The maximum absolute atomic E-state index is 5.51. The number of aryl methyl sites for hydroxylation is 2. The molecule has 1 fully saturated rings. The lowest BCUT2D eigenvalue weighted by molar-refractivity contribution is 0.0841. The predicted molar refractivity (Wildman–Crippen MR) is 77.7 cm³/mol. The van der Waals surface area contributed by atoms with Crippen LogP contribution in [-0.4, -0.2) is 39.0 Å². The molecule has 1 aromatic rings. The normalized spacial score (nSPS) is 18.5. The van der Waals surface area contributed by atoms with E-state index < -0.39 is 0 Å². The summed E-state index contributed by atoms with van der Waals surface area (Å²) in [6, 6.07) is 0. The van der Waals surface area contributed by atoms with Gasteiger partial charge in [0.15, 0.2) is 0 Å². The second-order valence-electron chi connectivity index (χ2n) is 5.26. The van der Waals surface area contributed by atoms with E-state index in [1.807, 2.05) is 0 Å². The molecule has 1 unspecified atom stereocenters. The van der Waals surface area contributed by atoms with Gasteiger partial charge in [0, 0.05) is 25.6 Å². The van der Waals surface area contributed by atoms with Crippen molar-refractivity contribution in [3.05, 3.63) is 15.6 Å².